The first-order valence-electron chi connectivity index (χ1n) is 7.05. The number of benzene rings is 2. The molecule has 0 unspecified atom stereocenters. The standard InChI is InChI=1S/C16H11NO3.C2H6/c1-9-4-10(2-3-14(9)19)15-7-11-5-13(18)6-12(8-17)16(11)20-15;1-2/h2-7,18-19H,1H3;1-2H3. The lowest BCUT2D eigenvalue weighted by molar-refractivity contribution is 0.471. The number of furan rings is 1. The molecule has 3 aromatic rings. The molecule has 0 bridgehead atoms. The second-order valence-electron chi connectivity index (χ2n) is 4.64. The maximum absolute atomic E-state index is 9.58. The number of hydrogen-bond acceptors (Lipinski definition) is 4. The Morgan fingerprint density at radius 2 is 1.77 bits per heavy atom. The molecule has 2 aromatic carbocycles. The lowest BCUT2D eigenvalue weighted by atomic mass is 10.1. The Morgan fingerprint density at radius 1 is 1.05 bits per heavy atom. The minimum atomic E-state index is 0.0308. The SMILES string of the molecule is CC.Cc1cc(-c2cc3cc(O)cc(C#N)c3o2)ccc1O. The van der Waals surface area contributed by atoms with Gasteiger partial charge in [0, 0.05) is 17.0 Å². The predicted molar refractivity (Wildman–Crippen MR) is 85.8 cm³/mol. The van der Waals surface area contributed by atoms with E-state index in [1.54, 1.807) is 37.3 Å². The van der Waals surface area contributed by atoms with E-state index in [9.17, 15) is 10.2 Å². The van der Waals surface area contributed by atoms with Crippen LogP contribution in [0.5, 0.6) is 11.5 Å². The summed E-state index contributed by atoms with van der Waals surface area (Å²) in [5, 5.41) is 28.9. The highest BCUT2D eigenvalue weighted by molar-refractivity contribution is 5.88. The third-order valence-corrected chi connectivity index (χ3v) is 3.20. The molecular formula is C18H17NO3. The van der Waals surface area contributed by atoms with Gasteiger partial charge in [0.1, 0.15) is 23.3 Å². The van der Waals surface area contributed by atoms with Crippen LogP contribution in [-0.2, 0) is 0 Å². The van der Waals surface area contributed by atoms with Crippen molar-refractivity contribution in [3.05, 3.63) is 47.5 Å². The van der Waals surface area contributed by atoms with Gasteiger partial charge in [0.15, 0.2) is 5.58 Å². The van der Waals surface area contributed by atoms with Crippen molar-refractivity contribution in [1.29, 1.82) is 5.26 Å². The van der Waals surface area contributed by atoms with E-state index in [2.05, 4.69) is 0 Å². The summed E-state index contributed by atoms with van der Waals surface area (Å²) in [4.78, 5) is 0. The van der Waals surface area contributed by atoms with Gasteiger partial charge in [-0.05, 0) is 42.8 Å². The molecule has 0 amide bonds. The van der Waals surface area contributed by atoms with Gasteiger partial charge in [0.25, 0.3) is 0 Å². The molecule has 1 heterocycles. The minimum Gasteiger partial charge on any atom is -0.508 e. The van der Waals surface area contributed by atoms with E-state index >= 15 is 0 Å². The first kappa shape index (κ1) is 15.5. The van der Waals surface area contributed by atoms with Crippen molar-refractivity contribution in [3.8, 4) is 28.9 Å². The van der Waals surface area contributed by atoms with Gasteiger partial charge in [0.05, 0.1) is 5.56 Å². The highest BCUT2D eigenvalue weighted by Crippen LogP contribution is 2.33. The van der Waals surface area contributed by atoms with Gasteiger partial charge in [-0.2, -0.15) is 5.26 Å². The summed E-state index contributed by atoms with van der Waals surface area (Å²) in [7, 11) is 0. The fraction of sp³-hybridized carbons (Fsp3) is 0.167. The molecule has 1 aromatic heterocycles. The zero-order valence-electron chi connectivity index (χ0n) is 12.7. The number of nitriles is 1. The summed E-state index contributed by atoms with van der Waals surface area (Å²) < 4.78 is 5.71. The van der Waals surface area contributed by atoms with Gasteiger partial charge in [-0.25, -0.2) is 0 Å². The van der Waals surface area contributed by atoms with E-state index in [4.69, 9.17) is 9.68 Å². The smallest absolute Gasteiger partial charge is 0.152 e. The van der Waals surface area contributed by atoms with E-state index in [0.717, 1.165) is 11.1 Å². The molecule has 2 N–H and O–H groups in total. The van der Waals surface area contributed by atoms with Gasteiger partial charge in [0.2, 0.25) is 0 Å². The monoisotopic (exact) mass is 295 g/mol. The van der Waals surface area contributed by atoms with Crippen molar-refractivity contribution in [3.63, 3.8) is 0 Å². The maximum Gasteiger partial charge on any atom is 0.152 e. The summed E-state index contributed by atoms with van der Waals surface area (Å²) in [6.07, 6.45) is 0. The van der Waals surface area contributed by atoms with Crippen LogP contribution in [0.3, 0.4) is 0 Å². The largest absolute Gasteiger partial charge is 0.508 e. The average Bonchev–Trinajstić information content (AvgIpc) is 2.95. The molecule has 0 aliphatic carbocycles. The molecule has 0 aliphatic heterocycles. The van der Waals surface area contributed by atoms with Gasteiger partial charge >= 0.3 is 0 Å². The fourth-order valence-electron chi connectivity index (χ4n) is 2.17. The van der Waals surface area contributed by atoms with Gasteiger partial charge in [-0.15, -0.1) is 0 Å². The second kappa shape index (κ2) is 6.23. The molecule has 4 nitrogen and oxygen atoms in total. The number of aryl methyl sites for hydroxylation is 1. The normalized spacial score (nSPS) is 9.91. The van der Waals surface area contributed by atoms with E-state index in [1.165, 1.54) is 6.07 Å². The van der Waals surface area contributed by atoms with E-state index in [0.29, 0.717) is 22.3 Å². The zero-order valence-corrected chi connectivity index (χ0v) is 12.7. The molecule has 3 rings (SSSR count). The molecule has 0 atom stereocenters. The molecule has 0 radical (unpaired) electrons. The highest BCUT2D eigenvalue weighted by Gasteiger charge is 2.12. The van der Waals surface area contributed by atoms with E-state index < -0.39 is 0 Å². The summed E-state index contributed by atoms with van der Waals surface area (Å²) in [5.41, 5.74) is 2.29. The van der Waals surface area contributed by atoms with Gasteiger partial charge < -0.3 is 14.6 Å². The van der Waals surface area contributed by atoms with Gasteiger partial charge in [-0.1, -0.05) is 13.8 Å². The Balaban J connectivity index is 0.000000847. The van der Waals surface area contributed by atoms with Crippen LogP contribution >= 0.6 is 0 Å². The summed E-state index contributed by atoms with van der Waals surface area (Å²) in [5.74, 6) is 0.841. The lowest BCUT2D eigenvalue weighted by Crippen LogP contribution is -1.77. The molecule has 112 valence electrons. The molecule has 0 fully saturated rings. The summed E-state index contributed by atoms with van der Waals surface area (Å²) >= 11 is 0. The van der Waals surface area contributed by atoms with Crippen LogP contribution in [0, 0.1) is 18.3 Å². The van der Waals surface area contributed by atoms with Crippen LogP contribution in [0.25, 0.3) is 22.3 Å². The molecule has 0 saturated carbocycles. The van der Waals surface area contributed by atoms with Crippen LogP contribution in [0.2, 0.25) is 0 Å². The zero-order chi connectivity index (χ0) is 16.3. The van der Waals surface area contributed by atoms with Gasteiger partial charge in [-0.3, -0.25) is 0 Å². The van der Waals surface area contributed by atoms with Crippen molar-refractivity contribution >= 4 is 11.0 Å². The lowest BCUT2D eigenvalue weighted by Gasteiger charge is -2.01. The Bertz CT molecular complexity index is 857. The number of aromatic hydroxyl groups is 2. The first-order chi connectivity index (χ1) is 10.6. The Morgan fingerprint density at radius 3 is 2.41 bits per heavy atom. The Kier molecular flexibility index (Phi) is 4.38. The third kappa shape index (κ3) is 2.75. The van der Waals surface area contributed by atoms with Crippen molar-refractivity contribution in [2.24, 2.45) is 0 Å². The predicted octanol–water partition coefficient (Wildman–Crippen LogP) is 4.72. The number of fused-ring (bicyclic) bond motifs is 1. The fourth-order valence-corrected chi connectivity index (χ4v) is 2.17. The average molecular weight is 295 g/mol. The van der Waals surface area contributed by atoms with Crippen molar-refractivity contribution in [2.75, 3.05) is 0 Å². The minimum absolute atomic E-state index is 0.0308. The second-order valence-corrected chi connectivity index (χ2v) is 4.64. The summed E-state index contributed by atoms with van der Waals surface area (Å²) in [6.45, 7) is 5.80. The highest BCUT2D eigenvalue weighted by atomic mass is 16.3. The van der Waals surface area contributed by atoms with Crippen LogP contribution < -0.4 is 0 Å². The maximum atomic E-state index is 9.58. The number of phenolic OH excluding ortho intramolecular Hbond substituents is 2. The van der Waals surface area contributed by atoms with Crippen molar-refractivity contribution in [2.45, 2.75) is 20.8 Å². The molecule has 0 saturated heterocycles. The van der Waals surface area contributed by atoms with Crippen LogP contribution in [-0.4, -0.2) is 10.2 Å². The van der Waals surface area contributed by atoms with Crippen LogP contribution in [0.4, 0.5) is 0 Å². The number of nitrogens with zero attached hydrogens (tertiary/aromatic N) is 1. The van der Waals surface area contributed by atoms with E-state index in [-0.39, 0.29) is 11.5 Å². The molecule has 0 aliphatic rings. The van der Waals surface area contributed by atoms with Crippen LogP contribution in [0.15, 0.2) is 40.8 Å². The first-order valence-corrected chi connectivity index (χ1v) is 7.05. The van der Waals surface area contributed by atoms with Crippen molar-refractivity contribution < 1.29 is 14.6 Å². The molecule has 4 heteroatoms. The molecule has 0 spiro atoms. The topological polar surface area (TPSA) is 77.4 Å². The summed E-state index contributed by atoms with van der Waals surface area (Å²) in [6, 6.07) is 11.8. The number of phenols is 2. The molecular weight excluding hydrogens is 278 g/mol. The number of hydrogen-bond donors (Lipinski definition) is 2. The third-order valence-electron chi connectivity index (χ3n) is 3.20. The Labute approximate surface area is 128 Å². The van der Waals surface area contributed by atoms with E-state index in [1.807, 2.05) is 19.9 Å². The van der Waals surface area contributed by atoms with Crippen LogP contribution in [0.1, 0.15) is 25.0 Å². The number of rotatable bonds is 1. The molecule has 22 heavy (non-hydrogen) atoms. The quantitative estimate of drug-likeness (QED) is 0.681. The van der Waals surface area contributed by atoms with Crippen molar-refractivity contribution in [1.82, 2.24) is 0 Å². The Hall–Kier alpha value is -2.93.